The topological polar surface area (TPSA) is 110 Å². The van der Waals surface area contributed by atoms with Gasteiger partial charge < -0.3 is 20.5 Å². The summed E-state index contributed by atoms with van der Waals surface area (Å²) in [5.41, 5.74) is 2.29. The summed E-state index contributed by atoms with van der Waals surface area (Å²) in [5, 5.41) is 38.8. The summed E-state index contributed by atoms with van der Waals surface area (Å²) in [6, 6.07) is 9.61. The number of carboxylic acid groups (broad SMARTS) is 1. The summed E-state index contributed by atoms with van der Waals surface area (Å²) in [7, 11) is 0. The van der Waals surface area contributed by atoms with Gasteiger partial charge in [0, 0.05) is 29.0 Å². The third kappa shape index (κ3) is 8.32. The van der Waals surface area contributed by atoms with Crippen molar-refractivity contribution in [2.45, 2.75) is 55.2 Å². The van der Waals surface area contributed by atoms with Crippen LogP contribution in [0.25, 0.3) is 0 Å². The lowest BCUT2D eigenvalue weighted by Crippen LogP contribution is -2.30. The van der Waals surface area contributed by atoms with Crippen molar-refractivity contribution in [3.63, 3.8) is 0 Å². The van der Waals surface area contributed by atoms with Crippen molar-refractivity contribution in [1.82, 2.24) is 5.48 Å². The lowest BCUT2D eigenvalue weighted by Gasteiger charge is -2.21. The molecule has 29 heavy (non-hydrogen) atoms. The molecule has 1 aliphatic carbocycles. The van der Waals surface area contributed by atoms with Gasteiger partial charge in [0.15, 0.2) is 0 Å². The van der Waals surface area contributed by atoms with E-state index in [0.717, 1.165) is 4.90 Å². The molecular formula is C22H31NO5S. The molecule has 1 aliphatic rings. The van der Waals surface area contributed by atoms with E-state index in [-0.39, 0.29) is 24.3 Å². The number of thioether (sulfide) groups is 1. The van der Waals surface area contributed by atoms with Crippen LogP contribution in [0.4, 0.5) is 0 Å². The van der Waals surface area contributed by atoms with Crippen LogP contribution >= 0.6 is 11.8 Å². The van der Waals surface area contributed by atoms with Crippen LogP contribution in [0.1, 0.15) is 32.1 Å². The fraction of sp³-hybridized carbons (Fsp3) is 0.500. The first-order valence-corrected chi connectivity index (χ1v) is 11.0. The Balaban J connectivity index is 1.87. The zero-order valence-corrected chi connectivity index (χ0v) is 17.2. The zero-order chi connectivity index (χ0) is 21.1. The van der Waals surface area contributed by atoms with Crippen LogP contribution in [0.15, 0.2) is 59.5 Å². The van der Waals surface area contributed by atoms with Crippen LogP contribution in [-0.2, 0) is 4.79 Å². The van der Waals surface area contributed by atoms with E-state index in [1.54, 1.807) is 17.8 Å². The number of carbonyl (C=O) groups is 1. The number of hydrogen-bond acceptors (Lipinski definition) is 6. The Morgan fingerprint density at radius 1 is 1.28 bits per heavy atom. The first kappa shape index (κ1) is 23.6. The highest BCUT2D eigenvalue weighted by atomic mass is 32.2. The molecule has 0 aliphatic heterocycles. The van der Waals surface area contributed by atoms with E-state index in [1.165, 1.54) is 0 Å². The Hall–Kier alpha value is -1.64. The maximum Gasteiger partial charge on any atom is 0.303 e. The second-order valence-electron chi connectivity index (χ2n) is 7.35. The fourth-order valence-electron chi connectivity index (χ4n) is 3.63. The number of hydrogen-bond donors (Lipinski definition) is 5. The van der Waals surface area contributed by atoms with Crippen LogP contribution in [0.5, 0.6) is 0 Å². The van der Waals surface area contributed by atoms with Crippen molar-refractivity contribution < 1.29 is 25.3 Å². The minimum absolute atomic E-state index is 0.0689. The monoisotopic (exact) mass is 421 g/mol. The zero-order valence-electron chi connectivity index (χ0n) is 16.4. The number of hydroxylamine groups is 1. The second kappa shape index (κ2) is 12.8. The molecule has 3 unspecified atom stereocenters. The first-order valence-electron chi connectivity index (χ1n) is 10.00. The molecule has 0 amide bonds. The fourth-order valence-corrected chi connectivity index (χ4v) is 4.45. The molecule has 0 spiro atoms. The number of aliphatic carboxylic acids is 1. The molecule has 7 heteroatoms. The van der Waals surface area contributed by atoms with Crippen molar-refractivity contribution in [2.24, 2.45) is 11.8 Å². The molecule has 5 atom stereocenters. The maximum atomic E-state index is 10.5. The SMILES string of the molecule is O=C(O)CCCC=CCC1[C@@H](C=CC(O)CSc2ccccc2)C(NO)C[C@@H]1O. The van der Waals surface area contributed by atoms with E-state index < -0.39 is 18.2 Å². The Morgan fingerprint density at radius 3 is 2.72 bits per heavy atom. The number of rotatable bonds is 12. The standard InChI is InChI=1S/C22H31NO5S/c24-16(15-29-17-8-4-3-5-9-17)12-13-18-19(21(25)14-20(18)23-28)10-6-1-2-7-11-22(26)27/h1,3-6,8-9,12-13,16,18-21,23-25,28H,2,7,10-11,14-15H2,(H,26,27)/t16?,18-,19?,20?,21+/m1/s1. The van der Waals surface area contributed by atoms with Crippen LogP contribution in [0.2, 0.25) is 0 Å². The highest BCUT2D eigenvalue weighted by Crippen LogP contribution is 2.36. The van der Waals surface area contributed by atoms with Crippen molar-refractivity contribution in [1.29, 1.82) is 0 Å². The van der Waals surface area contributed by atoms with Gasteiger partial charge in [-0.1, -0.05) is 42.5 Å². The Labute approximate surface area is 176 Å². The summed E-state index contributed by atoms with van der Waals surface area (Å²) in [6.45, 7) is 0. The van der Waals surface area contributed by atoms with Gasteiger partial charge in [-0.2, -0.15) is 0 Å². The minimum atomic E-state index is -0.796. The number of unbranched alkanes of at least 4 members (excludes halogenated alkanes) is 1. The van der Waals surface area contributed by atoms with Crippen LogP contribution < -0.4 is 5.48 Å². The number of benzene rings is 1. The molecule has 6 nitrogen and oxygen atoms in total. The van der Waals surface area contributed by atoms with Gasteiger partial charge >= 0.3 is 5.97 Å². The molecule has 0 radical (unpaired) electrons. The quantitative estimate of drug-likeness (QED) is 0.152. The number of allylic oxidation sites excluding steroid dienone is 2. The highest BCUT2D eigenvalue weighted by Gasteiger charge is 2.40. The van der Waals surface area contributed by atoms with Crippen LogP contribution in [0.3, 0.4) is 0 Å². The van der Waals surface area contributed by atoms with Gasteiger partial charge in [0.2, 0.25) is 0 Å². The largest absolute Gasteiger partial charge is 0.481 e. The van der Waals surface area contributed by atoms with Crippen LogP contribution in [0, 0.1) is 11.8 Å². The third-order valence-corrected chi connectivity index (χ3v) is 6.28. The lowest BCUT2D eigenvalue weighted by molar-refractivity contribution is -0.137. The molecule has 1 aromatic rings. The average Bonchev–Trinajstić information content (AvgIpc) is 3.02. The molecule has 2 rings (SSSR count). The predicted octanol–water partition coefficient (Wildman–Crippen LogP) is 3.24. The van der Waals surface area contributed by atoms with Crippen molar-refractivity contribution in [3.8, 4) is 0 Å². The van der Waals surface area contributed by atoms with Crippen molar-refractivity contribution in [2.75, 3.05) is 5.75 Å². The highest BCUT2D eigenvalue weighted by molar-refractivity contribution is 7.99. The van der Waals surface area contributed by atoms with Crippen LogP contribution in [-0.4, -0.2) is 50.5 Å². The molecular weight excluding hydrogens is 390 g/mol. The molecule has 0 saturated heterocycles. The molecule has 0 bridgehead atoms. The number of nitrogens with one attached hydrogen (secondary N) is 1. The van der Waals surface area contributed by atoms with Crippen molar-refractivity contribution in [3.05, 3.63) is 54.6 Å². The van der Waals surface area contributed by atoms with Gasteiger partial charge in [-0.15, -0.1) is 11.8 Å². The molecule has 1 saturated carbocycles. The summed E-state index contributed by atoms with van der Waals surface area (Å²) in [4.78, 5) is 11.6. The summed E-state index contributed by atoms with van der Waals surface area (Å²) in [6.07, 6.45) is 8.89. The van der Waals surface area contributed by atoms with Crippen molar-refractivity contribution >= 4 is 17.7 Å². The van der Waals surface area contributed by atoms with E-state index in [1.807, 2.05) is 48.6 Å². The van der Waals surface area contributed by atoms with E-state index in [2.05, 4.69) is 5.48 Å². The second-order valence-corrected chi connectivity index (χ2v) is 8.44. The van der Waals surface area contributed by atoms with E-state index >= 15 is 0 Å². The van der Waals surface area contributed by atoms with Gasteiger partial charge in [0.1, 0.15) is 0 Å². The van der Waals surface area contributed by atoms with Gasteiger partial charge in [-0.25, -0.2) is 5.48 Å². The number of aliphatic hydroxyl groups excluding tert-OH is 2. The van der Waals surface area contributed by atoms with E-state index in [9.17, 15) is 20.2 Å². The Bertz CT molecular complexity index is 666. The maximum absolute atomic E-state index is 10.5. The first-order chi connectivity index (χ1) is 14.0. The van der Waals surface area contributed by atoms with E-state index in [4.69, 9.17) is 5.11 Å². The average molecular weight is 422 g/mol. The van der Waals surface area contributed by atoms with E-state index in [0.29, 0.717) is 31.4 Å². The summed E-state index contributed by atoms with van der Waals surface area (Å²) >= 11 is 1.57. The molecule has 0 aromatic heterocycles. The lowest BCUT2D eigenvalue weighted by atomic mass is 9.89. The number of carboxylic acids is 1. The van der Waals surface area contributed by atoms with Gasteiger partial charge in [-0.05, 0) is 43.7 Å². The number of aliphatic hydroxyl groups is 2. The third-order valence-electron chi connectivity index (χ3n) is 5.17. The predicted molar refractivity (Wildman–Crippen MR) is 114 cm³/mol. The minimum Gasteiger partial charge on any atom is -0.481 e. The van der Waals surface area contributed by atoms with Gasteiger partial charge in [-0.3, -0.25) is 4.79 Å². The molecule has 0 heterocycles. The van der Waals surface area contributed by atoms with Gasteiger partial charge in [0.25, 0.3) is 0 Å². The molecule has 1 fully saturated rings. The summed E-state index contributed by atoms with van der Waals surface area (Å²) < 4.78 is 0. The molecule has 1 aromatic carbocycles. The Kier molecular flexibility index (Phi) is 10.5. The smallest absolute Gasteiger partial charge is 0.303 e. The molecule has 5 N–H and O–H groups in total. The molecule has 160 valence electrons. The summed E-state index contributed by atoms with van der Waals surface area (Å²) in [5.74, 6) is -0.437. The van der Waals surface area contributed by atoms with Gasteiger partial charge in [0.05, 0.1) is 12.2 Å². The normalized spacial score (nSPS) is 25.8. The Morgan fingerprint density at radius 2 is 2.03 bits per heavy atom.